The third kappa shape index (κ3) is 5.04. The first-order chi connectivity index (χ1) is 13.6. The molecule has 146 valence electrons. The summed E-state index contributed by atoms with van der Waals surface area (Å²) in [5, 5.41) is 8.54. The summed E-state index contributed by atoms with van der Waals surface area (Å²) in [4.78, 5) is 27.3. The number of hydrogen-bond acceptors (Lipinski definition) is 7. The van der Waals surface area contributed by atoms with Crippen LogP contribution in [-0.4, -0.2) is 33.9 Å². The molecule has 0 saturated carbocycles. The third-order valence-corrected chi connectivity index (χ3v) is 5.10. The first-order valence-electron chi connectivity index (χ1n) is 9.23. The molecule has 2 heterocycles. The van der Waals surface area contributed by atoms with Crippen molar-refractivity contribution in [3.05, 3.63) is 53.3 Å². The summed E-state index contributed by atoms with van der Waals surface area (Å²) in [7, 11) is 0. The van der Waals surface area contributed by atoms with Crippen molar-refractivity contribution in [1.29, 1.82) is 0 Å². The Morgan fingerprint density at radius 1 is 1.18 bits per heavy atom. The Labute approximate surface area is 168 Å². The standard InChI is InChI=1S/C20H24N6OS/c1-4-26(5-2)16-7-8-17(14(3)11-16)24-18(27)12-15-13-28-20(23-15)25-19-21-9-6-10-22-19/h6-11,13H,4-5,12H2,1-3H3,(H,24,27)(H,21,22,23,25). The van der Waals surface area contributed by atoms with Gasteiger partial charge in [-0.25, -0.2) is 15.0 Å². The zero-order valence-corrected chi connectivity index (χ0v) is 17.1. The molecule has 2 aromatic heterocycles. The van der Waals surface area contributed by atoms with E-state index in [9.17, 15) is 4.79 Å². The SMILES string of the molecule is CCN(CC)c1ccc(NC(=O)Cc2csc(Nc3ncccn3)n2)c(C)c1. The summed E-state index contributed by atoms with van der Waals surface area (Å²) >= 11 is 1.42. The second-order valence-electron chi connectivity index (χ2n) is 6.24. The predicted octanol–water partition coefficient (Wildman–Crippen LogP) is 4.01. The first-order valence-corrected chi connectivity index (χ1v) is 10.1. The quantitative estimate of drug-likeness (QED) is 0.599. The van der Waals surface area contributed by atoms with Crippen molar-refractivity contribution < 1.29 is 4.79 Å². The molecule has 0 saturated heterocycles. The minimum atomic E-state index is -0.0912. The van der Waals surface area contributed by atoms with Gasteiger partial charge in [0.25, 0.3) is 0 Å². The number of carbonyl (C=O) groups excluding carboxylic acids is 1. The van der Waals surface area contributed by atoms with E-state index in [0.717, 1.165) is 24.3 Å². The monoisotopic (exact) mass is 396 g/mol. The van der Waals surface area contributed by atoms with Crippen LogP contribution < -0.4 is 15.5 Å². The van der Waals surface area contributed by atoms with E-state index in [0.29, 0.717) is 16.8 Å². The van der Waals surface area contributed by atoms with Gasteiger partial charge in [-0.3, -0.25) is 4.79 Å². The van der Waals surface area contributed by atoms with Crippen LogP contribution in [0.3, 0.4) is 0 Å². The number of amides is 1. The molecular weight excluding hydrogens is 372 g/mol. The molecule has 3 aromatic rings. The fourth-order valence-corrected chi connectivity index (χ4v) is 3.54. The summed E-state index contributed by atoms with van der Waals surface area (Å²) in [5.41, 5.74) is 3.74. The van der Waals surface area contributed by atoms with Crippen LogP contribution in [0.1, 0.15) is 25.1 Å². The largest absolute Gasteiger partial charge is 0.372 e. The lowest BCUT2D eigenvalue weighted by molar-refractivity contribution is -0.115. The molecule has 0 aliphatic heterocycles. The highest BCUT2D eigenvalue weighted by atomic mass is 32.1. The number of aromatic nitrogens is 3. The van der Waals surface area contributed by atoms with Gasteiger partial charge in [-0.2, -0.15) is 0 Å². The zero-order valence-electron chi connectivity index (χ0n) is 16.3. The topological polar surface area (TPSA) is 83.0 Å². The summed E-state index contributed by atoms with van der Waals surface area (Å²) in [5.74, 6) is 0.392. The van der Waals surface area contributed by atoms with Gasteiger partial charge >= 0.3 is 0 Å². The molecule has 0 aliphatic rings. The Kier molecular flexibility index (Phi) is 6.54. The van der Waals surface area contributed by atoms with Crippen molar-refractivity contribution in [3.8, 4) is 0 Å². The molecule has 7 nitrogen and oxygen atoms in total. The van der Waals surface area contributed by atoms with Gasteiger partial charge < -0.3 is 15.5 Å². The first kappa shape index (κ1) is 19.8. The maximum Gasteiger partial charge on any atom is 0.230 e. The summed E-state index contributed by atoms with van der Waals surface area (Å²) in [6.07, 6.45) is 3.53. The highest BCUT2D eigenvalue weighted by molar-refractivity contribution is 7.13. The smallest absolute Gasteiger partial charge is 0.230 e. The number of rotatable bonds is 8. The lowest BCUT2D eigenvalue weighted by Crippen LogP contribution is -2.22. The molecular formula is C20H24N6OS. The molecule has 0 bridgehead atoms. The maximum absolute atomic E-state index is 12.4. The van der Waals surface area contributed by atoms with Gasteiger partial charge in [0.15, 0.2) is 5.13 Å². The maximum atomic E-state index is 12.4. The fraction of sp³-hybridized carbons (Fsp3) is 0.300. The second kappa shape index (κ2) is 9.27. The predicted molar refractivity (Wildman–Crippen MR) is 115 cm³/mol. The number of nitrogens with zero attached hydrogens (tertiary/aromatic N) is 4. The molecule has 0 fully saturated rings. The van der Waals surface area contributed by atoms with E-state index >= 15 is 0 Å². The van der Waals surface area contributed by atoms with E-state index in [2.05, 4.69) is 50.4 Å². The third-order valence-electron chi connectivity index (χ3n) is 4.29. The average molecular weight is 397 g/mol. The zero-order chi connectivity index (χ0) is 19.9. The van der Waals surface area contributed by atoms with Gasteiger partial charge in [0.1, 0.15) is 0 Å². The van der Waals surface area contributed by atoms with Crippen LogP contribution in [0, 0.1) is 6.92 Å². The van der Waals surface area contributed by atoms with E-state index in [4.69, 9.17) is 0 Å². The van der Waals surface area contributed by atoms with Crippen LogP contribution in [0.2, 0.25) is 0 Å². The minimum Gasteiger partial charge on any atom is -0.372 e. The summed E-state index contributed by atoms with van der Waals surface area (Å²) < 4.78 is 0. The number of hydrogen-bond donors (Lipinski definition) is 2. The number of benzene rings is 1. The lowest BCUT2D eigenvalue weighted by Gasteiger charge is -2.22. The van der Waals surface area contributed by atoms with Gasteiger partial charge in [0.2, 0.25) is 11.9 Å². The highest BCUT2D eigenvalue weighted by Gasteiger charge is 2.11. The molecule has 28 heavy (non-hydrogen) atoms. The van der Waals surface area contributed by atoms with E-state index in [1.807, 2.05) is 24.4 Å². The molecule has 0 atom stereocenters. The van der Waals surface area contributed by atoms with Crippen molar-refractivity contribution >= 4 is 39.7 Å². The van der Waals surface area contributed by atoms with Crippen molar-refractivity contribution in [2.24, 2.45) is 0 Å². The molecule has 2 N–H and O–H groups in total. The van der Waals surface area contributed by atoms with Crippen LogP contribution >= 0.6 is 11.3 Å². The Hall–Kier alpha value is -3.00. The molecule has 0 spiro atoms. The van der Waals surface area contributed by atoms with Gasteiger partial charge in [0.05, 0.1) is 12.1 Å². The van der Waals surface area contributed by atoms with Crippen LogP contribution in [0.4, 0.5) is 22.5 Å². The van der Waals surface area contributed by atoms with Crippen LogP contribution in [0.15, 0.2) is 42.0 Å². The highest BCUT2D eigenvalue weighted by Crippen LogP contribution is 2.23. The lowest BCUT2D eigenvalue weighted by atomic mass is 10.1. The van der Waals surface area contributed by atoms with Crippen molar-refractivity contribution in [2.45, 2.75) is 27.2 Å². The van der Waals surface area contributed by atoms with E-state index in [1.54, 1.807) is 18.5 Å². The van der Waals surface area contributed by atoms with Crippen LogP contribution in [0.25, 0.3) is 0 Å². The number of carbonyl (C=O) groups is 1. The van der Waals surface area contributed by atoms with Crippen molar-refractivity contribution in [2.75, 3.05) is 28.6 Å². The van der Waals surface area contributed by atoms with Crippen LogP contribution in [0.5, 0.6) is 0 Å². The van der Waals surface area contributed by atoms with Crippen molar-refractivity contribution in [1.82, 2.24) is 15.0 Å². The Morgan fingerprint density at radius 2 is 1.93 bits per heavy atom. The second-order valence-corrected chi connectivity index (χ2v) is 7.10. The number of anilines is 4. The number of thiazole rings is 1. The van der Waals surface area contributed by atoms with E-state index in [-0.39, 0.29) is 12.3 Å². The molecule has 0 radical (unpaired) electrons. The minimum absolute atomic E-state index is 0.0912. The Balaban J connectivity index is 1.60. The normalized spacial score (nSPS) is 10.5. The van der Waals surface area contributed by atoms with E-state index in [1.165, 1.54) is 17.0 Å². The van der Waals surface area contributed by atoms with Crippen molar-refractivity contribution in [3.63, 3.8) is 0 Å². The number of nitrogens with one attached hydrogen (secondary N) is 2. The van der Waals surface area contributed by atoms with Gasteiger partial charge in [-0.15, -0.1) is 11.3 Å². The van der Waals surface area contributed by atoms with E-state index < -0.39 is 0 Å². The average Bonchev–Trinajstić information content (AvgIpc) is 3.12. The van der Waals surface area contributed by atoms with Crippen LogP contribution in [-0.2, 0) is 11.2 Å². The number of aryl methyl sites for hydroxylation is 1. The Morgan fingerprint density at radius 3 is 2.61 bits per heavy atom. The molecule has 0 unspecified atom stereocenters. The van der Waals surface area contributed by atoms with Gasteiger partial charge in [-0.1, -0.05) is 0 Å². The summed E-state index contributed by atoms with van der Waals surface area (Å²) in [6.45, 7) is 8.18. The summed E-state index contributed by atoms with van der Waals surface area (Å²) in [6, 6.07) is 7.86. The molecule has 1 amide bonds. The fourth-order valence-electron chi connectivity index (χ4n) is 2.84. The molecule has 1 aromatic carbocycles. The Bertz CT molecular complexity index is 923. The molecule has 3 rings (SSSR count). The van der Waals surface area contributed by atoms with Gasteiger partial charge in [-0.05, 0) is 50.6 Å². The van der Waals surface area contributed by atoms with Gasteiger partial charge in [0, 0.05) is 42.2 Å². The molecule has 0 aliphatic carbocycles. The molecule has 8 heteroatoms.